The summed E-state index contributed by atoms with van der Waals surface area (Å²) >= 11 is 0. The van der Waals surface area contributed by atoms with Crippen molar-refractivity contribution in [1.82, 2.24) is 0 Å². The first-order valence-electron chi connectivity index (χ1n) is 4.58. The minimum atomic E-state index is -1.47. The van der Waals surface area contributed by atoms with Gasteiger partial charge in [0.15, 0.2) is 5.92 Å². The lowest BCUT2D eigenvalue weighted by Gasteiger charge is -2.23. The Morgan fingerprint density at radius 3 is 1.94 bits per heavy atom. The van der Waals surface area contributed by atoms with Crippen LogP contribution in [0.1, 0.15) is 0 Å². The number of carboxylic acids is 2. The Morgan fingerprint density at radius 2 is 1.62 bits per heavy atom. The molecule has 0 atom stereocenters. The predicted molar refractivity (Wildman–Crippen MR) is 52.5 cm³/mol. The van der Waals surface area contributed by atoms with E-state index >= 15 is 0 Å². The van der Waals surface area contributed by atoms with Crippen LogP contribution in [0.15, 0.2) is 0 Å². The molecule has 96 valence electrons. The van der Waals surface area contributed by atoms with Crippen LogP contribution in [0.3, 0.4) is 0 Å². The Labute approximate surface area is 101 Å². The Hall–Kier alpha value is -0.850. The quantitative estimate of drug-likeness (QED) is 0.280. The van der Waals surface area contributed by atoms with E-state index in [1.165, 1.54) is 0 Å². The van der Waals surface area contributed by atoms with Gasteiger partial charge in [0.1, 0.15) is 6.54 Å². The number of hydrogen-bond acceptors (Lipinski definition) is 3. The summed E-state index contributed by atoms with van der Waals surface area (Å²) in [4.78, 5) is 20.9. The van der Waals surface area contributed by atoms with E-state index in [4.69, 9.17) is 14.9 Å². The molecule has 0 bridgehead atoms. The maximum absolute atomic E-state index is 10.5. The van der Waals surface area contributed by atoms with Crippen molar-refractivity contribution < 1.29 is 41.4 Å². The number of ether oxygens (including phenoxy) is 1. The van der Waals surface area contributed by atoms with Crippen LogP contribution in [-0.2, 0) is 14.3 Å². The Bertz CT molecular complexity index is 225. The maximum Gasteiger partial charge on any atom is 0.320 e. The van der Waals surface area contributed by atoms with Gasteiger partial charge in [0.25, 0.3) is 0 Å². The van der Waals surface area contributed by atoms with Gasteiger partial charge >= 0.3 is 11.9 Å². The molecule has 7 heteroatoms. The van der Waals surface area contributed by atoms with Crippen molar-refractivity contribution in [2.45, 2.75) is 0 Å². The molecule has 0 saturated heterocycles. The first-order valence-corrected chi connectivity index (χ1v) is 4.58. The molecule has 16 heavy (non-hydrogen) atoms. The molecule has 0 heterocycles. The van der Waals surface area contributed by atoms with Crippen molar-refractivity contribution in [2.24, 2.45) is 5.92 Å². The minimum Gasteiger partial charge on any atom is -1.00 e. The molecule has 0 rings (SSSR count). The number of aliphatic carboxylic acids is 2. The summed E-state index contributed by atoms with van der Waals surface area (Å²) in [5.74, 6) is -4.21. The van der Waals surface area contributed by atoms with Gasteiger partial charge in [0.05, 0.1) is 34.4 Å². The van der Waals surface area contributed by atoms with E-state index in [2.05, 4.69) is 0 Å². The molecule has 2 N–H and O–H groups in total. The molecule has 0 aromatic rings. The Balaban J connectivity index is 0. The minimum absolute atomic E-state index is 0. The molecule has 0 aliphatic carbocycles. The van der Waals surface area contributed by atoms with Crippen LogP contribution in [-0.4, -0.2) is 67.5 Å². The summed E-state index contributed by atoms with van der Waals surface area (Å²) < 4.78 is 5.70. The summed E-state index contributed by atoms with van der Waals surface area (Å²) in [6, 6.07) is 0. The summed E-state index contributed by atoms with van der Waals surface area (Å²) in [6.07, 6.45) is 0. The fourth-order valence-electron chi connectivity index (χ4n) is 0.788. The van der Waals surface area contributed by atoms with Gasteiger partial charge < -0.3 is 31.8 Å². The highest BCUT2D eigenvalue weighted by Crippen LogP contribution is 1.99. The zero-order valence-corrected chi connectivity index (χ0v) is 10.4. The van der Waals surface area contributed by atoms with E-state index < -0.39 is 17.9 Å². The molecule has 0 radical (unpaired) electrons. The number of carboxylic acid groups (broad SMARTS) is 2. The van der Waals surface area contributed by atoms with Crippen LogP contribution >= 0.6 is 0 Å². The molecule has 0 fully saturated rings. The lowest BCUT2D eigenvalue weighted by Crippen LogP contribution is -3.00. The third kappa shape index (κ3) is 8.46. The van der Waals surface area contributed by atoms with Gasteiger partial charge in [-0.2, -0.15) is 0 Å². The highest BCUT2D eigenvalue weighted by molar-refractivity contribution is 5.92. The van der Waals surface area contributed by atoms with E-state index in [9.17, 15) is 9.59 Å². The van der Waals surface area contributed by atoms with Gasteiger partial charge in [-0.15, -0.1) is 0 Å². The zero-order chi connectivity index (χ0) is 12.1. The van der Waals surface area contributed by atoms with E-state index in [-0.39, 0.29) is 19.0 Å². The zero-order valence-electron chi connectivity index (χ0n) is 9.64. The molecule has 0 saturated carbocycles. The van der Waals surface area contributed by atoms with Crippen molar-refractivity contribution in [2.75, 3.05) is 40.9 Å². The predicted octanol–water partition coefficient (Wildman–Crippen LogP) is -3.50. The second-order valence-corrected chi connectivity index (χ2v) is 4.32. The van der Waals surface area contributed by atoms with Crippen molar-refractivity contribution in [1.29, 1.82) is 0 Å². The normalized spacial score (nSPS) is 11.0. The number of rotatable bonds is 7. The number of halogens is 1. The topological polar surface area (TPSA) is 83.8 Å². The highest BCUT2D eigenvalue weighted by atomic mass is 35.5. The van der Waals surface area contributed by atoms with Gasteiger partial charge in [-0.25, -0.2) is 0 Å². The highest BCUT2D eigenvalue weighted by Gasteiger charge is 2.25. The van der Waals surface area contributed by atoms with Crippen molar-refractivity contribution in [3.8, 4) is 0 Å². The summed E-state index contributed by atoms with van der Waals surface area (Å²) in [5, 5.41) is 17.1. The number of hydrogen-bond donors (Lipinski definition) is 2. The maximum atomic E-state index is 10.5. The number of carbonyl (C=O) groups is 2. The number of nitrogens with zero attached hydrogens (tertiary/aromatic N) is 1. The summed E-state index contributed by atoms with van der Waals surface area (Å²) in [7, 11) is 5.90. The van der Waals surface area contributed by atoms with Crippen LogP contribution in [0.5, 0.6) is 0 Å². The molecule has 6 nitrogen and oxygen atoms in total. The van der Waals surface area contributed by atoms with Gasteiger partial charge in [0, 0.05) is 0 Å². The molecular formula is C9H18ClNO5. The van der Waals surface area contributed by atoms with E-state index in [0.717, 1.165) is 0 Å². The van der Waals surface area contributed by atoms with Gasteiger partial charge in [0.2, 0.25) is 0 Å². The molecule has 0 unspecified atom stereocenters. The average Bonchev–Trinajstić information content (AvgIpc) is 2.00. The largest absolute Gasteiger partial charge is 1.00 e. The van der Waals surface area contributed by atoms with Crippen molar-refractivity contribution >= 4 is 11.9 Å². The second-order valence-electron chi connectivity index (χ2n) is 4.32. The van der Waals surface area contributed by atoms with E-state index in [1.54, 1.807) is 0 Å². The number of likely N-dealkylation sites (N-methyl/N-ethyl adjacent to an activating group) is 1. The standard InChI is InChI=1S/C9H17NO5.ClH/c1-10(2,3)4-5-15-6-7(8(11)12)9(13)14;/h7H,4-6H2,1-3H3,(H-,11,12,13,14);1H. The molecule has 0 aliphatic rings. The van der Waals surface area contributed by atoms with Crippen LogP contribution in [0.2, 0.25) is 0 Å². The molecular weight excluding hydrogens is 238 g/mol. The van der Waals surface area contributed by atoms with Crippen molar-refractivity contribution in [3.63, 3.8) is 0 Å². The van der Waals surface area contributed by atoms with Crippen LogP contribution in [0, 0.1) is 5.92 Å². The van der Waals surface area contributed by atoms with E-state index in [0.29, 0.717) is 17.6 Å². The first kappa shape index (κ1) is 17.5. The SMILES string of the molecule is C[N+](C)(C)CCOCC(C(=O)O)C(=O)O.[Cl-]. The first-order chi connectivity index (χ1) is 6.74. The fraction of sp³-hybridized carbons (Fsp3) is 0.778. The fourth-order valence-corrected chi connectivity index (χ4v) is 0.788. The van der Waals surface area contributed by atoms with Crippen LogP contribution in [0.4, 0.5) is 0 Å². The summed E-state index contributed by atoms with van der Waals surface area (Å²) in [5.41, 5.74) is 0. The Kier molecular flexibility index (Phi) is 8.14. The third-order valence-electron chi connectivity index (χ3n) is 1.79. The smallest absolute Gasteiger partial charge is 0.320 e. The molecule has 0 amide bonds. The molecule has 0 aromatic heterocycles. The molecule has 0 aliphatic heterocycles. The summed E-state index contributed by atoms with van der Waals surface area (Å²) in [6.45, 7) is 0.761. The third-order valence-corrected chi connectivity index (χ3v) is 1.79. The Morgan fingerprint density at radius 1 is 1.19 bits per heavy atom. The lowest BCUT2D eigenvalue weighted by molar-refractivity contribution is -0.870. The second kappa shape index (κ2) is 7.43. The van der Waals surface area contributed by atoms with Crippen LogP contribution in [0.25, 0.3) is 0 Å². The van der Waals surface area contributed by atoms with Crippen LogP contribution < -0.4 is 12.4 Å². The van der Waals surface area contributed by atoms with Gasteiger partial charge in [-0.3, -0.25) is 9.59 Å². The molecule has 0 spiro atoms. The monoisotopic (exact) mass is 255 g/mol. The van der Waals surface area contributed by atoms with Gasteiger partial charge in [-0.1, -0.05) is 0 Å². The van der Waals surface area contributed by atoms with E-state index in [1.807, 2.05) is 21.1 Å². The molecule has 0 aromatic carbocycles. The number of quaternary nitrogens is 1. The lowest BCUT2D eigenvalue weighted by atomic mass is 10.2. The van der Waals surface area contributed by atoms with Gasteiger partial charge in [-0.05, 0) is 0 Å². The van der Waals surface area contributed by atoms with Crippen molar-refractivity contribution in [3.05, 3.63) is 0 Å². The average molecular weight is 256 g/mol.